The standard InChI is InChI=1S/C21H26N2O2/c1-2-18-7-3-4-8-20(18)25-16-21(24)22-15-17-9-11-19(12-10-17)23-13-5-6-14-23/h3-4,7-12H,2,5-6,13-16H2,1H3,(H,22,24). The van der Waals surface area contributed by atoms with Crippen LogP contribution in [0.25, 0.3) is 0 Å². The Kier molecular flexibility index (Phi) is 5.94. The van der Waals surface area contributed by atoms with Gasteiger partial charge in [0.05, 0.1) is 0 Å². The Labute approximate surface area is 149 Å². The number of nitrogens with zero attached hydrogens (tertiary/aromatic N) is 1. The molecule has 1 fully saturated rings. The average molecular weight is 338 g/mol. The number of rotatable bonds is 7. The van der Waals surface area contributed by atoms with Crippen LogP contribution in [0.5, 0.6) is 5.75 Å². The molecule has 0 atom stereocenters. The van der Waals surface area contributed by atoms with Crippen molar-refractivity contribution in [3.05, 3.63) is 59.7 Å². The van der Waals surface area contributed by atoms with Crippen molar-refractivity contribution in [1.82, 2.24) is 5.32 Å². The van der Waals surface area contributed by atoms with Gasteiger partial charge < -0.3 is 15.0 Å². The van der Waals surface area contributed by atoms with Crippen molar-refractivity contribution >= 4 is 11.6 Å². The minimum Gasteiger partial charge on any atom is -0.483 e. The summed E-state index contributed by atoms with van der Waals surface area (Å²) in [6, 6.07) is 16.3. The first-order valence-corrected chi connectivity index (χ1v) is 9.07. The number of ether oxygens (including phenoxy) is 1. The number of nitrogens with one attached hydrogen (secondary N) is 1. The highest BCUT2D eigenvalue weighted by Crippen LogP contribution is 2.20. The van der Waals surface area contributed by atoms with E-state index < -0.39 is 0 Å². The van der Waals surface area contributed by atoms with Crippen LogP contribution in [-0.2, 0) is 17.8 Å². The van der Waals surface area contributed by atoms with Crippen molar-refractivity contribution in [3.63, 3.8) is 0 Å². The predicted molar refractivity (Wildman–Crippen MR) is 101 cm³/mol. The first-order chi connectivity index (χ1) is 12.3. The molecule has 1 amide bonds. The topological polar surface area (TPSA) is 41.6 Å². The zero-order valence-electron chi connectivity index (χ0n) is 14.8. The van der Waals surface area contributed by atoms with Gasteiger partial charge >= 0.3 is 0 Å². The van der Waals surface area contributed by atoms with Crippen LogP contribution < -0.4 is 15.0 Å². The van der Waals surface area contributed by atoms with E-state index in [4.69, 9.17) is 4.74 Å². The van der Waals surface area contributed by atoms with Crippen molar-refractivity contribution in [2.75, 3.05) is 24.6 Å². The van der Waals surface area contributed by atoms with Crippen LogP contribution in [0.3, 0.4) is 0 Å². The molecule has 2 aromatic rings. The minimum absolute atomic E-state index is 0.0445. The van der Waals surface area contributed by atoms with Crippen molar-refractivity contribution in [2.24, 2.45) is 0 Å². The zero-order valence-corrected chi connectivity index (χ0v) is 14.8. The molecule has 0 bridgehead atoms. The molecule has 4 nitrogen and oxygen atoms in total. The van der Waals surface area contributed by atoms with Gasteiger partial charge in [0.25, 0.3) is 5.91 Å². The van der Waals surface area contributed by atoms with Crippen molar-refractivity contribution in [3.8, 4) is 5.75 Å². The lowest BCUT2D eigenvalue weighted by Crippen LogP contribution is -2.28. The predicted octanol–water partition coefficient (Wildman–Crippen LogP) is 3.54. The Morgan fingerprint density at radius 3 is 2.52 bits per heavy atom. The van der Waals surface area contributed by atoms with Gasteiger partial charge in [0.2, 0.25) is 0 Å². The van der Waals surface area contributed by atoms with Crippen molar-refractivity contribution in [1.29, 1.82) is 0 Å². The molecular weight excluding hydrogens is 312 g/mol. The third-order valence-electron chi connectivity index (χ3n) is 4.61. The van der Waals surface area contributed by atoms with Crippen molar-refractivity contribution in [2.45, 2.75) is 32.7 Å². The van der Waals surface area contributed by atoms with Crippen LogP contribution in [0.2, 0.25) is 0 Å². The maximum absolute atomic E-state index is 12.0. The maximum atomic E-state index is 12.0. The number of carbonyl (C=O) groups excluding carboxylic acids is 1. The summed E-state index contributed by atoms with van der Waals surface area (Å²) in [7, 11) is 0. The Bertz CT molecular complexity index is 691. The van der Waals surface area contributed by atoms with E-state index >= 15 is 0 Å². The van der Waals surface area contributed by atoms with Crippen LogP contribution in [-0.4, -0.2) is 25.6 Å². The van der Waals surface area contributed by atoms with Gasteiger partial charge in [-0.15, -0.1) is 0 Å². The van der Waals surface area contributed by atoms with Gasteiger partial charge in [0.15, 0.2) is 6.61 Å². The molecule has 1 heterocycles. The van der Waals surface area contributed by atoms with Crippen LogP contribution in [0.1, 0.15) is 30.9 Å². The highest BCUT2D eigenvalue weighted by atomic mass is 16.5. The Morgan fingerprint density at radius 2 is 1.80 bits per heavy atom. The number of amides is 1. The first kappa shape index (κ1) is 17.3. The molecule has 1 aliphatic rings. The number of carbonyl (C=O) groups is 1. The Morgan fingerprint density at radius 1 is 1.08 bits per heavy atom. The normalized spacial score (nSPS) is 13.7. The van der Waals surface area contributed by atoms with Gasteiger partial charge in [-0.2, -0.15) is 0 Å². The lowest BCUT2D eigenvalue weighted by atomic mass is 10.1. The fraction of sp³-hybridized carbons (Fsp3) is 0.381. The Hall–Kier alpha value is -2.49. The SMILES string of the molecule is CCc1ccccc1OCC(=O)NCc1ccc(N2CCCC2)cc1. The fourth-order valence-corrected chi connectivity index (χ4v) is 3.13. The second-order valence-electron chi connectivity index (χ2n) is 6.39. The number of aryl methyl sites for hydroxylation is 1. The number of benzene rings is 2. The summed E-state index contributed by atoms with van der Waals surface area (Å²) in [4.78, 5) is 14.4. The third kappa shape index (κ3) is 4.75. The van der Waals surface area contributed by atoms with Gasteiger partial charge in [-0.1, -0.05) is 37.3 Å². The molecule has 3 rings (SSSR count). The van der Waals surface area contributed by atoms with Crippen LogP contribution in [0.4, 0.5) is 5.69 Å². The average Bonchev–Trinajstić information content (AvgIpc) is 3.20. The molecule has 132 valence electrons. The van der Waals surface area contributed by atoms with E-state index in [-0.39, 0.29) is 12.5 Å². The summed E-state index contributed by atoms with van der Waals surface area (Å²) in [6.45, 7) is 4.94. The summed E-state index contributed by atoms with van der Waals surface area (Å²) < 4.78 is 5.65. The van der Waals surface area contributed by atoms with Crippen LogP contribution in [0.15, 0.2) is 48.5 Å². The summed E-state index contributed by atoms with van der Waals surface area (Å²) in [5, 5.41) is 2.92. The molecule has 4 heteroatoms. The van der Waals surface area contributed by atoms with E-state index in [0.29, 0.717) is 6.54 Å². The second-order valence-corrected chi connectivity index (χ2v) is 6.39. The maximum Gasteiger partial charge on any atom is 0.258 e. The highest BCUT2D eigenvalue weighted by molar-refractivity contribution is 5.77. The molecular formula is C21H26N2O2. The molecule has 0 radical (unpaired) electrons. The summed E-state index contributed by atoms with van der Waals surface area (Å²) in [6.07, 6.45) is 3.44. The molecule has 0 aliphatic carbocycles. The summed E-state index contributed by atoms with van der Waals surface area (Å²) >= 11 is 0. The quantitative estimate of drug-likeness (QED) is 0.839. The second kappa shape index (κ2) is 8.56. The highest BCUT2D eigenvalue weighted by Gasteiger charge is 2.12. The molecule has 0 spiro atoms. The number of anilines is 1. The zero-order chi connectivity index (χ0) is 17.5. The Balaban J connectivity index is 1.45. The van der Waals surface area contributed by atoms with Gasteiger partial charge in [0, 0.05) is 25.3 Å². The molecule has 1 aliphatic heterocycles. The van der Waals surface area contributed by atoms with E-state index in [9.17, 15) is 4.79 Å². The molecule has 0 saturated carbocycles. The van der Waals surface area contributed by atoms with Gasteiger partial charge in [-0.05, 0) is 48.6 Å². The molecule has 25 heavy (non-hydrogen) atoms. The number of para-hydroxylation sites is 1. The summed E-state index contributed by atoms with van der Waals surface area (Å²) in [5.74, 6) is 0.685. The number of hydrogen-bond acceptors (Lipinski definition) is 3. The van der Waals surface area contributed by atoms with E-state index in [0.717, 1.165) is 36.4 Å². The molecule has 2 aromatic carbocycles. The smallest absolute Gasteiger partial charge is 0.258 e. The van der Waals surface area contributed by atoms with E-state index in [2.05, 4.69) is 41.4 Å². The monoisotopic (exact) mass is 338 g/mol. The molecule has 0 unspecified atom stereocenters. The van der Waals surface area contributed by atoms with Crippen LogP contribution >= 0.6 is 0 Å². The van der Waals surface area contributed by atoms with Gasteiger partial charge in [-0.25, -0.2) is 0 Å². The minimum atomic E-state index is -0.102. The first-order valence-electron chi connectivity index (χ1n) is 9.07. The van der Waals surface area contributed by atoms with E-state index in [1.165, 1.54) is 18.5 Å². The summed E-state index contributed by atoms with van der Waals surface area (Å²) in [5.41, 5.74) is 3.49. The fourth-order valence-electron chi connectivity index (χ4n) is 3.13. The third-order valence-corrected chi connectivity index (χ3v) is 4.61. The molecule has 0 aromatic heterocycles. The van der Waals surface area contributed by atoms with Gasteiger partial charge in [-0.3, -0.25) is 4.79 Å². The van der Waals surface area contributed by atoms with Crippen molar-refractivity contribution < 1.29 is 9.53 Å². The largest absolute Gasteiger partial charge is 0.483 e. The van der Waals surface area contributed by atoms with E-state index in [1.807, 2.05) is 24.3 Å². The molecule has 1 N–H and O–H groups in total. The van der Waals surface area contributed by atoms with E-state index in [1.54, 1.807) is 0 Å². The van der Waals surface area contributed by atoms with Crippen LogP contribution in [0, 0.1) is 0 Å². The lowest BCUT2D eigenvalue weighted by molar-refractivity contribution is -0.123. The number of hydrogen-bond donors (Lipinski definition) is 1. The lowest BCUT2D eigenvalue weighted by Gasteiger charge is -2.17. The van der Waals surface area contributed by atoms with Gasteiger partial charge in [0.1, 0.15) is 5.75 Å². The molecule has 1 saturated heterocycles.